The summed E-state index contributed by atoms with van der Waals surface area (Å²) in [6.07, 6.45) is 2.86. The lowest BCUT2D eigenvalue weighted by atomic mass is 10.2. The van der Waals surface area contributed by atoms with Crippen molar-refractivity contribution in [3.63, 3.8) is 0 Å². The van der Waals surface area contributed by atoms with Crippen molar-refractivity contribution in [1.82, 2.24) is 14.9 Å². The molecule has 108 valence electrons. The molecule has 0 amide bonds. The van der Waals surface area contributed by atoms with Gasteiger partial charge in [-0.25, -0.2) is 4.98 Å². The number of hydrogen-bond donors (Lipinski definition) is 1. The summed E-state index contributed by atoms with van der Waals surface area (Å²) in [6, 6.07) is 8.64. The van der Waals surface area contributed by atoms with E-state index in [1.807, 2.05) is 11.6 Å². The maximum atomic E-state index is 5.99. The van der Waals surface area contributed by atoms with Crippen LogP contribution in [0.2, 0.25) is 5.15 Å². The minimum absolute atomic E-state index is 0.679. The molecule has 1 N–H and O–H groups in total. The van der Waals surface area contributed by atoms with Gasteiger partial charge in [0.2, 0.25) is 0 Å². The molecule has 0 saturated carbocycles. The van der Waals surface area contributed by atoms with Crippen molar-refractivity contribution in [3.8, 4) is 0 Å². The highest BCUT2D eigenvalue weighted by molar-refractivity contribution is 7.98. The Labute approximate surface area is 129 Å². The number of hydrogen-bond acceptors (Lipinski definition) is 3. The van der Waals surface area contributed by atoms with Gasteiger partial charge in [-0.2, -0.15) is 0 Å². The molecule has 0 aliphatic heterocycles. The van der Waals surface area contributed by atoms with Gasteiger partial charge in [0.05, 0.1) is 11.9 Å². The zero-order valence-electron chi connectivity index (χ0n) is 11.9. The maximum absolute atomic E-state index is 5.99. The topological polar surface area (TPSA) is 29.9 Å². The van der Waals surface area contributed by atoms with Crippen LogP contribution in [0.5, 0.6) is 0 Å². The average Bonchev–Trinajstić information content (AvgIpc) is 2.77. The molecule has 0 spiro atoms. The van der Waals surface area contributed by atoms with Crippen molar-refractivity contribution in [2.24, 2.45) is 7.05 Å². The molecule has 0 unspecified atom stereocenters. The third-order valence-corrected chi connectivity index (χ3v) is 4.39. The van der Waals surface area contributed by atoms with Crippen molar-refractivity contribution in [2.75, 3.05) is 6.54 Å². The molecule has 1 aromatic carbocycles. The van der Waals surface area contributed by atoms with Crippen LogP contribution in [-0.2, 0) is 19.3 Å². The molecular weight excluding hydrogens is 290 g/mol. The van der Waals surface area contributed by atoms with Crippen LogP contribution < -0.4 is 5.32 Å². The van der Waals surface area contributed by atoms with E-state index in [1.54, 1.807) is 18.0 Å². The fraction of sp³-hybridized carbons (Fsp3) is 0.400. The molecule has 1 aromatic heterocycles. The number of aromatic nitrogens is 2. The number of benzene rings is 1. The first-order valence-corrected chi connectivity index (χ1v) is 8.15. The lowest BCUT2D eigenvalue weighted by molar-refractivity contribution is 0.674. The van der Waals surface area contributed by atoms with Gasteiger partial charge in [0, 0.05) is 18.5 Å². The minimum atomic E-state index is 0.679. The number of rotatable bonds is 7. The zero-order valence-corrected chi connectivity index (χ0v) is 13.5. The summed E-state index contributed by atoms with van der Waals surface area (Å²) < 4.78 is 1.92. The molecule has 2 aromatic rings. The van der Waals surface area contributed by atoms with Crippen LogP contribution in [0.4, 0.5) is 0 Å². The molecule has 2 rings (SSSR count). The van der Waals surface area contributed by atoms with Gasteiger partial charge in [-0.3, -0.25) is 0 Å². The summed E-state index contributed by atoms with van der Waals surface area (Å²) in [5.41, 5.74) is 1.32. The van der Waals surface area contributed by atoms with Crippen LogP contribution in [0.15, 0.2) is 35.4 Å². The SMILES string of the molecule is CCCNCc1cccc(SCc2ncc(Cl)n2C)c1. The van der Waals surface area contributed by atoms with Gasteiger partial charge >= 0.3 is 0 Å². The molecule has 20 heavy (non-hydrogen) atoms. The predicted octanol–water partition coefficient (Wildman–Crippen LogP) is 3.87. The lowest BCUT2D eigenvalue weighted by Gasteiger charge is -2.06. The number of nitrogens with one attached hydrogen (secondary N) is 1. The Morgan fingerprint density at radius 3 is 2.95 bits per heavy atom. The van der Waals surface area contributed by atoms with Gasteiger partial charge in [0.1, 0.15) is 11.0 Å². The van der Waals surface area contributed by atoms with E-state index < -0.39 is 0 Å². The minimum Gasteiger partial charge on any atom is -0.322 e. The smallest absolute Gasteiger partial charge is 0.128 e. The Morgan fingerprint density at radius 1 is 1.40 bits per heavy atom. The van der Waals surface area contributed by atoms with Gasteiger partial charge in [-0.15, -0.1) is 11.8 Å². The molecule has 1 heterocycles. The van der Waals surface area contributed by atoms with Gasteiger partial charge < -0.3 is 9.88 Å². The Bertz CT molecular complexity index is 554. The van der Waals surface area contributed by atoms with Gasteiger partial charge in [0.15, 0.2) is 0 Å². The highest BCUT2D eigenvalue weighted by Crippen LogP contribution is 2.24. The zero-order chi connectivity index (χ0) is 14.4. The summed E-state index contributed by atoms with van der Waals surface area (Å²) in [4.78, 5) is 5.58. The number of imidazole rings is 1. The monoisotopic (exact) mass is 309 g/mol. The molecule has 3 nitrogen and oxygen atoms in total. The van der Waals surface area contributed by atoms with E-state index in [1.165, 1.54) is 10.5 Å². The fourth-order valence-electron chi connectivity index (χ4n) is 1.86. The largest absolute Gasteiger partial charge is 0.322 e. The van der Waals surface area contributed by atoms with Crippen LogP contribution in [0.25, 0.3) is 0 Å². The first-order chi connectivity index (χ1) is 9.70. The van der Waals surface area contributed by atoms with Crippen molar-refractivity contribution < 1.29 is 0 Å². The second-order valence-corrected chi connectivity index (χ2v) is 6.11. The van der Waals surface area contributed by atoms with Crippen LogP contribution in [-0.4, -0.2) is 16.1 Å². The Balaban J connectivity index is 1.92. The number of nitrogens with zero attached hydrogens (tertiary/aromatic N) is 2. The summed E-state index contributed by atoms with van der Waals surface area (Å²) in [5, 5.41) is 4.10. The van der Waals surface area contributed by atoms with Crippen LogP contribution >= 0.6 is 23.4 Å². The maximum Gasteiger partial charge on any atom is 0.128 e. The third kappa shape index (κ3) is 4.27. The van der Waals surface area contributed by atoms with E-state index in [-0.39, 0.29) is 0 Å². The van der Waals surface area contributed by atoms with Crippen LogP contribution in [0, 0.1) is 0 Å². The predicted molar refractivity (Wildman–Crippen MR) is 86.2 cm³/mol. The lowest BCUT2D eigenvalue weighted by Crippen LogP contribution is -2.13. The second-order valence-electron chi connectivity index (χ2n) is 4.67. The Morgan fingerprint density at radius 2 is 2.25 bits per heavy atom. The summed E-state index contributed by atoms with van der Waals surface area (Å²) in [6.45, 7) is 4.16. The van der Waals surface area contributed by atoms with Gasteiger partial charge in [0.25, 0.3) is 0 Å². The highest BCUT2D eigenvalue weighted by Gasteiger charge is 2.05. The molecule has 0 radical (unpaired) electrons. The first kappa shape index (κ1) is 15.4. The van der Waals surface area contributed by atoms with Crippen molar-refractivity contribution >= 4 is 23.4 Å². The highest BCUT2D eigenvalue weighted by atomic mass is 35.5. The molecule has 0 bridgehead atoms. The standard InChI is InChI=1S/C15H20ClN3S/c1-3-7-17-9-12-5-4-6-13(8-12)20-11-15-18-10-14(16)19(15)2/h4-6,8,10,17H,3,7,9,11H2,1-2H3. The van der Waals surface area contributed by atoms with Crippen LogP contribution in [0.3, 0.4) is 0 Å². The third-order valence-electron chi connectivity index (χ3n) is 3.05. The normalized spacial score (nSPS) is 10.9. The van der Waals surface area contributed by atoms with E-state index >= 15 is 0 Å². The first-order valence-electron chi connectivity index (χ1n) is 6.79. The Kier molecular flexibility index (Phi) is 5.95. The van der Waals surface area contributed by atoms with E-state index in [0.717, 1.165) is 31.1 Å². The molecular formula is C15H20ClN3S. The molecule has 0 aliphatic rings. The molecule has 0 saturated heterocycles. The summed E-state index contributed by atoms with van der Waals surface area (Å²) in [7, 11) is 1.94. The van der Waals surface area contributed by atoms with E-state index in [2.05, 4.69) is 41.5 Å². The van der Waals surface area contributed by atoms with Crippen LogP contribution in [0.1, 0.15) is 24.7 Å². The number of thioether (sulfide) groups is 1. The number of halogens is 1. The van der Waals surface area contributed by atoms with Gasteiger partial charge in [-0.05, 0) is 30.7 Å². The fourth-order valence-corrected chi connectivity index (χ4v) is 2.98. The second kappa shape index (κ2) is 7.72. The van der Waals surface area contributed by atoms with Crippen molar-refractivity contribution in [2.45, 2.75) is 30.5 Å². The molecule has 0 atom stereocenters. The van der Waals surface area contributed by atoms with Gasteiger partial charge in [-0.1, -0.05) is 30.7 Å². The Hall–Kier alpha value is -0.970. The van der Waals surface area contributed by atoms with Crippen molar-refractivity contribution in [1.29, 1.82) is 0 Å². The summed E-state index contributed by atoms with van der Waals surface area (Å²) in [5.74, 6) is 1.82. The van der Waals surface area contributed by atoms with E-state index in [4.69, 9.17) is 11.6 Å². The molecule has 5 heteroatoms. The van der Waals surface area contributed by atoms with Crippen molar-refractivity contribution in [3.05, 3.63) is 47.0 Å². The van der Waals surface area contributed by atoms with E-state index in [9.17, 15) is 0 Å². The van der Waals surface area contributed by atoms with E-state index in [0.29, 0.717) is 5.15 Å². The summed E-state index contributed by atoms with van der Waals surface area (Å²) >= 11 is 7.77. The average molecular weight is 310 g/mol. The molecule has 0 aliphatic carbocycles. The molecule has 0 fully saturated rings. The quantitative estimate of drug-likeness (QED) is 0.622.